The number of ether oxygens (including phenoxy) is 1. The van der Waals surface area contributed by atoms with Crippen LogP contribution in [0, 0.1) is 0 Å². The molecule has 0 aliphatic rings. The summed E-state index contributed by atoms with van der Waals surface area (Å²) in [5.41, 5.74) is -0.0814. The Morgan fingerprint density at radius 1 is 1.67 bits per heavy atom. The van der Waals surface area contributed by atoms with Crippen molar-refractivity contribution in [3.05, 3.63) is 18.4 Å². The highest BCUT2D eigenvalue weighted by atomic mass is 16.5. The van der Waals surface area contributed by atoms with E-state index in [1.807, 2.05) is 0 Å². The first-order chi connectivity index (χ1) is 5.49. The van der Waals surface area contributed by atoms with Crippen LogP contribution in [0.4, 0.5) is 0 Å². The number of hydrogen-bond donors (Lipinski definition) is 1. The third-order valence-electron chi connectivity index (χ3n) is 1.34. The summed E-state index contributed by atoms with van der Waals surface area (Å²) < 4.78 is 4.22. The molecule has 0 bridgehead atoms. The van der Waals surface area contributed by atoms with E-state index in [0.29, 0.717) is 0 Å². The zero-order valence-electron chi connectivity index (χ0n) is 6.96. The number of carbonyl (C=O) groups is 2. The maximum Gasteiger partial charge on any atom is 0.350 e. The average Bonchev–Trinajstić information content (AvgIpc) is 2.03. The monoisotopic (exact) mass is 170 g/mol. The lowest BCUT2D eigenvalue weighted by atomic mass is 10.00. The van der Waals surface area contributed by atoms with Crippen molar-refractivity contribution >= 4 is 11.8 Å². The molecule has 1 N–H and O–H groups in total. The Hall–Kier alpha value is -1.38. The standard InChI is InChI=1S/C8H10O4/c1-4-5-8(11,6(2)9)7(10)12-3/h5,11H,1H2,2-3H3. The van der Waals surface area contributed by atoms with Gasteiger partial charge in [-0.15, -0.1) is 5.73 Å². The summed E-state index contributed by atoms with van der Waals surface area (Å²) >= 11 is 0. The van der Waals surface area contributed by atoms with Gasteiger partial charge < -0.3 is 9.84 Å². The second-order valence-corrected chi connectivity index (χ2v) is 2.16. The van der Waals surface area contributed by atoms with Gasteiger partial charge in [0.25, 0.3) is 0 Å². The first kappa shape index (κ1) is 10.6. The number of Topliss-reactive ketones (excluding diaryl/α,β-unsaturated/α-hetero) is 1. The molecular formula is C8H10O4. The van der Waals surface area contributed by atoms with E-state index in [0.717, 1.165) is 20.1 Å². The summed E-state index contributed by atoms with van der Waals surface area (Å²) in [6.07, 6.45) is 0.862. The summed E-state index contributed by atoms with van der Waals surface area (Å²) in [4.78, 5) is 21.7. The van der Waals surface area contributed by atoms with Crippen LogP contribution in [0.1, 0.15) is 6.92 Å². The van der Waals surface area contributed by atoms with Crippen LogP contribution < -0.4 is 0 Å². The molecule has 0 amide bonds. The van der Waals surface area contributed by atoms with Gasteiger partial charge in [-0.1, -0.05) is 6.58 Å². The Morgan fingerprint density at radius 3 is 2.42 bits per heavy atom. The van der Waals surface area contributed by atoms with Crippen LogP contribution >= 0.6 is 0 Å². The van der Waals surface area contributed by atoms with E-state index in [4.69, 9.17) is 0 Å². The Bertz CT molecular complexity index is 246. The quantitative estimate of drug-likeness (QED) is 0.362. The van der Waals surface area contributed by atoms with Crippen LogP contribution in [-0.4, -0.2) is 29.6 Å². The summed E-state index contributed by atoms with van der Waals surface area (Å²) in [5.74, 6) is -1.77. The lowest BCUT2D eigenvalue weighted by Gasteiger charge is -2.16. The first-order valence-corrected chi connectivity index (χ1v) is 3.18. The zero-order chi connectivity index (χ0) is 9.78. The van der Waals surface area contributed by atoms with E-state index >= 15 is 0 Å². The zero-order valence-corrected chi connectivity index (χ0v) is 6.96. The fraction of sp³-hybridized carbons (Fsp3) is 0.375. The van der Waals surface area contributed by atoms with Crippen molar-refractivity contribution in [1.29, 1.82) is 0 Å². The molecule has 0 saturated heterocycles. The molecule has 12 heavy (non-hydrogen) atoms. The second-order valence-electron chi connectivity index (χ2n) is 2.16. The van der Waals surface area contributed by atoms with Crippen LogP contribution in [0.5, 0.6) is 0 Å². The minimum absolute atomic E-state index is 0.731. The third kappa shape index (κ3) is 1.81. The molecule has 66 valence electrons. The van der Waals surface area contributed by atoms with Crippen molar-refractivity contribution in [2.75, 3.05) is 7.11 Å². The smallest absolute Gasteiger partial charge is 0.350 e. The first-order valence-electron chi connectivity index (χ1n) is 3.18. The van der Waals surface area contributed by atoms with E-state index in [1.165, 1.54) is 0 Å². The molecule has 1 unspecified atom stereocenters. The van der Waals surface area contributed by atoms with Crippen LogP contribution in [0.15, 0.2) is 18.4 Å². The number of carbonyl (C=O) groups excluding carboxylic acids is 2. The molecular weight excluding hydrogens is 160 g/mol. The predicted octanol–water partition coefficient (Wildman–Crippen LogP) is -0.179. The van der Waals surface area contributed by atoms with Gasteiger partial charge in [-0.2, -0.15) is 0 Å². The van der Waals surface area contributed by atoms with Gasteiger partial charge in [0.15, 0.2) is 5.78 Å². The topological polar surface area (TPSA) is 63.6 Å². The van der Waals surface area contributed by atoms with Gasteiger partial charge in [0.05, 0.1) is 7.11 Å². The third-order valence-corrected chi connectivity index (χ3v) is 1.34. The summed E-state index contributed by atoms with van der Waals surface area (Å²) in [7, 11) is 1.08. The lowest BCUT2D eigenvalue weighted by Crippen LogP contribution is -2.44. The van der Waals surface area contributed by atoms with Crippen molar-refractivity contribution in [2.45, 2.75) is 12.5 Å². The molecule has 0 saturated carbocycles. The molecule has 1 atom stereocenters. The minimum atomic E-state index is -2.24. The normalized spacial score (nSPS) is 13.9. The van der Waals surface area contributed by atoms with Crippen molar-refractivity contribution in [1.82, 2.24) is 0 Å². The molecule has 0 radical (unpaired) electrons. The Kier molecular flexibility index (Phi) is 3.41. The Labute approximate surface area is 70.1 Å². The van der Waals surface area contributed by atoms with Gasteiger partial charge >= 0.3 is 5.97 Å². The average molecular weight is 170 g/mol. The molecule has 4 nitrogen and oxygen atoms in total. The van der Waals surface area contributed by atoms with Crippen LogP contribution in [0.25, 0.3) is 0 Å². The number of rotatable bonds is 3. The molecule has 0 fully saturated rings. The Balaban J connectivity index is 4.99. The molecule has 0 spiro atoms. The Morgan fingerprint density at radius 2 is 2.17 bits per heavy atom. The highest BCUT2D eigenvalue weighted by molar-refractivity contribution is 6.07. The fourth-order valence-electron chi connectivity index (χ4n) is 0.608. The van der Waals surface area contributed by atoms with Gasteiger partial charge in [0.2, 0.25) is 5.60 Å². The van der Waals surface area contributed by atoms with Gasteiger partial charge in [-0.25, -0.2) is 4.79 Å². The molecule has 4 heteroatoms. The van der Waals surface area contributed by atoms with Crippen molar-refractivity contribution in [3.63, 3.8) is 0 Å². The second kappa shape index (κ2) is 3.85. The largest absolute Gasteiger partial charge is 0.466 e. The highest BCUT2D eigenvalue weighted by Crippen LogP contribution is 2.09. The summed E-state index contributed by atoms with van der Waals surface area (Å²) in [6, 6.07) is 0. The van der Waals surface area contributed by atoms with Crippen molar-refractivity contribution in [3.8, 4) is 0 Å². The molecule has 0 aromatic rings. The van der Waals surface area contributed by atoms with Crippen LogP contribution in [-0.2, 0) is 14.3 Å². The fourth-order valence-corrected chi connectivity index (χ4v) is 0.608. The van der Waals surface area contributed by atoms with E-state index < -0.39 is 17.4 Å². The van der Waals surface area contributed by atoms with Gasteiger partial charge in [-0.05, 0) is 6.92 Å². The van der Waals surface area contributed by atoms with E-state index in [2.05, 4.69) is 17.0 Å². The molecule has 0 aliphatic heterocycles. The number of esters is 1. The van der Waals surface area contributed by atoms with Crippen molar-refractivity contribution < 1.29 is 19.4 Å². The molecule has 0 aromatic carbocycles. The SMILES string of the molecule is C=C=CC(O)(C(C)=O)C(=O)OC. The van der Waals surface area contributed by atoms with Crippen LogP contribution in [0.3, 0.4) is 0 Å². The van der Waals surface area contributed by atoms with Gasteiger partial charge in [-0.3, -0.25) is 4.79 Å². The molecule has 0 heterocycles. The van der Waals surface area contributed by atoms with E-state index in [1.54, 1.807) is 0 Å². The highest BCUT2D eigenvalue weighted by Gasteiger charge is 2.39. The molecule has 0 rings (SSSR count). The summed E-state index contributed by atoms with van der Waals surface area (Å²) in [5, 5.41) is 9.37. The van der Waals surface area contributed by atoms with E-state index in [9.17, 15) is 14.7 Å². The number of aliphatic hydroxyl groups is 1. The summed E-state index contributed by atoms with van der Waals surface area (Å²) in [6.45, 7) is 4.22. The molecule has 0 aromatic heterocycles. The maximum atomic E-state index is 10.9. The van der Waals surface area contributed by atoms with Crippen molar-refractivity contribution in [2.24, 2.45) is 0 Å². The number of hydrogen-bond acceptors (Lipinski definition) is 4. The van der Waals surface area contributed by atoms with Gasteiger partial charge in [0, 0.05) is 6.08 Å². The maximum absolute atomic E-state index is 10.9. The molecule has 0 aliphatic carbocycles. The number of methoxy groups -OCH3 is 1. The van der Waals surface area contributed by atoms with Crippen LogP contribution in [0.2, 0.25) is 0 Å². The number of ketones is 1. The minimum Gasteiger partial charge on any atom is -0.466 e. The lowest BCUT2D eigenvalue weighted by molar-refractivity contribution is -0.162. The predicted molar refractivity (Wildman–Crippen MR) is 41.4 cm³/mol. The van der Waals surface area contributed by atoms with Gasteiger partial charge in [0.1, 0.15) is 0 Å². The van der Waals surface area contributed by atoms with E-state index in [-0.39, 0.29) is 0 Å².